The van der Waals surface area contributed by atoms with Crippen molar-refractivity contribution in [1.29, 1.82) is 0 Å². The zero-order chi connectivity index (χ0) is 12.9. The number of hydrogen-bond donors (Lipinski definition) is 1. The van der Waals surface area contributed by atoms with Crippen molar-refractivity contribution in [3.05, 3.63) is 29.8 Å². The number of halogens is 1. The molecule has 102 valence electrons. The molecule has 0 saturated carbocycles. The van der Waals surface area contributed by atoms with Gasteiger partial charge in [-0.05, 0) is 38.5 Å². The predicted octanol–water partition coefficient (Wildman–Crippen LogP) is 2.29. The van der Waals surface area contributed by atoms with Crippen molar-refractivity contribution in [3.8, 4) is 5.75 Å². The van der Waals surface area contributed by atoms with Gasteiger partial charge in [0.15, 0.2) is 5.60 Å². The van der Waals surface area contributed by atoms with Crippen LogP contribution >= 0.6 is 12.4 Å². The fraction of sp³-hybridized carbons (Fsp3) is 0.462. The Labute approximate surface area is 114 Å². The van der Waals surface area contributed by atoms with Crippen LogP contribution in [0.15, 0.2) is 24.3 Å². The first-order chi connectivity index (χ1) is 7.99. The lowest BCUT2D eigenvalue weighted by Crippen LogP contribution is -2.39. The van der Waals surface area contributed by atoms with Gasteiger partial charge >= 0.3 is 5.97 Å². The fourth-order valence-corrected chi connectivity index (χ4v) is 1.33. The molecule has 0 unspecified atom stereocenters. The van der Waals surface area contributed by atoms with Gasteiger partial charge in [-0.15, -0.1) is 12.4 Å². The van der Waals surface area contributed by atoms with E-state index in [0.717, 1.165) is 5.56 Å². The molecule has 0 spiro atoms. The Kier molecular flexibility index (Phi) is 6.73. The summed E-state index contributed by atoms with van der Waals surface area (Å²) < 4.78 is 10.5. The maximum Gasteiger partial charge on any atom is 0.349 e. The van der Waals surface area contributed by atoms with Crippen LogP contribution in [0.25, 0.3) is 0 Å². The van der Waals surface area contributed by atoms with Crippen molar-refractivity contribution >= 4 is 18.4 Å². The van der Waals surface area contributed by atoms with Gasteiger partial charge in [-0.3, -0.25) is 0 Å². The van der Waals surface area contributed by atoms with Gasteiger partial charge in [0.25, 0.3) is 0 Å². The molecule has 0 aliphatic carbocycles. The van der Waals surface area contributed by atoms with Crippen LogP contribution in [0.1, 0.15) is 26.3 Å². The molecule has 1 aromatic carbocycles. The molecular formula is C13H20ClNO3. The van der Waals surface area contributed by atoms with E-state index >= 15 is 0 Å². The normalized spacial score (nSPS) is 10.4. The van der Waals surface area contributed by atoms with Crippen molar-refractivity contribution in [1.82, 2.24) is 0 Å². The highest BCUT2D eigenvalue weighted by molar-refractivity contribution is 5.85. The van der Waals surface area contributed by atoms with Crippen molar-refractivity contribution in [2.24, 2.45) is 5.73 Å². The highest BCUT2D eigenvalue weighted by atomic mass is 35.5. The van der Waals surface area contributed by atoms with Crippen LogP contribution in [0, 0.1) is 0 Å². The summed E-state index contributed by atoms with van der Waals surface area (Å²) in [5.41, 5.74) is 5.53. The molecule has 0 heterocycles. The van der Waals surface area contributed by atoms with E-state index in [1.54, 1.807) is 32.9 Å². The van der Waals surface area contributed by atoms with Gasteiger partial charge < -0.3 is 15.2 Å². The second-order valence-corrected chi connectivity index (χ2v) is 4.18. The first-order valence-electron chi connectivity index (χ1n) is 5.65. The lowest BCUT2D eigenvalue weighted by Gasteiger charge is -2.24. The molecule has 4 nitrogen and oxygen atoms in total. The highest BCUT2D eigenvalue weighted by Crippen LogP contribution is 2.20. The van der Waals surface area contributed by atoms with Crippen molar-refractivity contribution in [2.75, 3.05) is 6.61 Å². The molecule has 1 rings (SSSR count). The predicted molar refractivity (Wildman–Crippen MR) is 72.9 cm³/mol. The molecule has 0 atom stereocenters. The van der Waals surface area contributed by atoms with Gasteiger partial charge in [-0.1, -0.05) is 12.1 Å². The number of ether oxygens (including phenoxy) is 2. The number of nitrogens with two attached hydrogens (primary N) is 1. The number of carbonyl (C=O) groups excluding carboxylic acids is 1. The number of esters is 1. The minimum Gasteiger partial charge on any atom is -0.476 e. The first-order valence-corrected chi connectivity index (χ1v) is 5.65. The van der Waals surface area contributed by atoms with Crippen molar-refractivity contribution < 1.29 is 14.3 Å². The zero-order valence-corrected chi connectivity index (χ0v) is 11.8. The van der Waals surface area contributed by atoms with Crippen molar-refractivity contribution in [2.45, 2.75) is 32.9 Å². The number of hydrogen-bond acceptors (Lipinski definition) is 4. The molecule has 2 N–H and O–H groups in total. The Balaban J connectivity index is 0.00000289. The second-order valence-electron chi connectivity index (χ2n) is 4.18. The van der Waals surface area contributed by atoms with E-state index in [4.69, 9.17) is 15.2 Å². The van der Waals surface area contributed by atoms with Crippen LogP contribution < -0.4 is 10.5 Å². The molecule has 0 radical (unpaired) electrons. The Hall–Kier alpha value is -1.26. The van der Waals surface area contributed by atoms with E-state index in [1.165, 1.54) is 0 Å². The minimum absolute atomic E-state index is 0. The topological polar surface area (TPSA) is 61.5 Å². The molecule has 0 bridgehead atoms. The Bertz CT molecular complexity index is 376. The van der Waals surface area contributed by atoms with E-state index in [2.05, 4.69) is 0 Å². The summed E-state index contributed by atoms with van der Waals surface area (Å²) in [5.74, 6) is 0.253. The molecule has 0 amide bonds. The number of rotatable bonds is 5. The van der Waals surface area contributed by atoms with E-state index in [9.17, 15) is 4.79 Å². The van der Waals surface area contributed by atoms with Gasteiger partial charge in [-0.2, -0.15) is 0 Å². The maximum atomic E-state index is 11.6. The Morgan fingerprint density at radius 3 is 2.28 bits per heavy atom. The van der Waals surface area contributed by atoms with Crippen LogP contribution in [0.3, 0.4) is 0 Å². The summed E-state index contributed by atoms with van der Waals surface area (Å²) in [7, 11) is 0. The van der Waals surface area contributed by atoms with Crippen molar-refractivity contribution in [3.63, 3.8) is 0 Å². The largest absolute Gasteiger partial charge is 0.476 e. The maximum absolute atomic E-state index is 11.6. The van der Waals surface area contributed by atoms with Gasteiger partial charge in [0.1, 0.15) is 5.75 Å². The summed E-state index contributed by atoms with van der Waals surface area (Å²) in [6, 6.07) is 7.33. The minimum atomic E-state index is -0.986. The van der Waals surface area contributed by atoms with E-state index < -0.39 is 5.60 Å². The third-order valence-electron chi connectivity index (χ3n) is 2.30. The van der Waals surface area contributed by atoms with E-state index in [-0.39, 0.29) is 18.4 Å². The summed E-state index contributed by atoms with van der Waals surface area (Å²) >= 11 is 0. The highest BCUT2D eigenvalue weighted by Gasteiger charge is 2.31. The molecular weight excluding hydrogens is 254 g/mol. The van der Waals surface area contributed by atoms with E-state index in [1.807, 2.05) is 12.1 Å². The molecule has 0 aliphatic heterocycles. The summed E-state index contributed by atoms with van der Waals surface area (Å²) in [4.78, 5) is 11.6. The summed E-state index contributed by atoms with van der Waals surface area (Å²) in [5, 5.41) is 0. The lowest BCUT2D eigenvalue weighted by atomic mass is 10.1. The first kappa shape index (κ1) is 16.7. The molecule has 1 aromatic rings. The SMILES string of the molecule is CCOC(=O)C(C)(C)Oc1ccc(CN)cc1.Cl. The molecule has 5 heteroatoms. The zero-order valence-electron chi connectivity index (χ0n) is 10.9. The van der Waals surface area contributed by atoms with Crippen LogP contribution in [-0.4, -0.2) is 18.2 Å². The van der Waals surface area contributed by atoms with Crippen LogP contribution in [0.4, 0.5) is 0 Å². The third kappa shape index (κ3) is 4.55. The average molecular weight is 274 g/mol. The summed E-state index contributed by atoms with van der Waals surface area (Å²) in [6.45, 7) is 5.97. The Morgan fingerprint density at radius 1 is 1.28 bits per heavy atom. The third-order valence-corrected chi connectivity index (χ3v) is 2.30. The lowest BCUT2D eigenvalue weighted by molar-refractivity contribution is -0.158. The Morgan fingerprint density at radius 2 is 1.83 bits per heavy atom. The monoisotopic (exact) mass is 273 g/mol. The van der Waals surface area contributed by atoms with Crippen LogP contribution in [-0.2, 0) is 16.1 Å². The second kappa shape index (κ2) is 7.24. The molecule has 0 aliphatic rings. The van der Waals surface area contributed by atoms with Crippen LogP contribution in [0.2, 0.25) is 0 Å². The fourth-order valence-electron chi connectivity index (χ4n) is 1.33. The van der Waals surface area contributed by atoms with Gasteiger partial charge in [0.2, 0.25) is 0 Å². The van der Waals surface area contributed by atoms with Gasteiger partial charge in [0.05, 0.1) is 6.61 Å². The molecule has 0 saturated heterocycles. The molecule has 0 aromatic heterocycles. The molecule has 0 fully saturated rings. The average Bonchev–Trinajstić information content (AvgIpc) is 2.30. The van der Waals surface area contributed by atoms with Crippen LogP contribution in [0.5, 0.6) is 5.75 Å². The van der Waals surface area contributed by atoms with E-state index in [0.29, 0.717) is 18.9 Å². The van der Waals surface area contributed by atoms with Gasteiger partial charge in [0, 0.05) is 6.54 Å². The smallest absolute Gasteiger partial charge is 0.349 e. The number of benzene rings is 1. The van der Waals surface area contributed by atoms with Gasteiger partial charge in [-0.25, -0.2) is 4.79 Å². The summed E-state index contributed by atoms with van der Waals surface area (Å²) in [6.07, 6.45) is 0. The molecule has 18 heavy (non-hydrogen) atoms. The number of carbonyl (C=O) groups is 1. The standard InChI is InChI=1S/C13H19NO3.ClH/c1-4-16-12(15)13(2,3)17-11-7-5-10(9-14)6-8-11;/h5-8H,4,9,14H2,1-3H3;1H. The quantitative estimate of drug-likeness (QED) is 0.836.